The molecule has 1 aromatic heterocycles. The maximum Gasteiger partial charge on any atom is 0.294 e. The van der Waals surface area contributed by atoms with Crippen molar-refractivity contribution in [2.45, 2.75) is 31.2 Å². The van der Waals surface area contributed by atoms with Gasteiger partial charge in [-0.3, -0.25) is 20.4 Å². The van der Waals surface area contributed by atoms with E-state index in [9.17, 15) is 23.1 Å². The number of halogens is 1. The molecule has 1 heterocycles. The van der Waals surface area contributed by atoms with Gasteiger partial charge in [-0.25, -0.2) is 17.8 Å². The molecular weight excluding hydrogens is 470 g/mol. The first-order chi connectivity index (χ1) is 15.4. The number of benzene rings is 2. The van der Waals surface area contributed by atoms with Crippen LogP contribution in [0.5, 0.6) is 5.75 Å². The molecule has 3 rings (SSSR count). The van der Waals surface area contributed by atoms with Crippen molar-refractivity contribution in [3.8, 4) is 11.4 Å². The van der Waals surface area contributed by atoms with E-state index in [0.29, 0.717) is 5.69 Å². The van der Waals surface area contributed by atoms with Crippen molar-refractivity contribution in [2.75, 3.05) is 0 Å². The van der Waals surface area contributed by atoms with Crippen molar-refractivity contribution in [2.24, 2.45) is 0 Å². The molecule has 2 amide bonds. The third kappa shape index (κ3) is 5.89. The van der Waals surface area contributed by atoms with Crippen molar-refractivity contribution in [3.05, 3.63) is 71.0 Å². The Kier molecular flexibility index (Phi) is 6.77. The van der Waals surface area contributed by atoms with Crippen LogP contribution in [0.2, 0.25) is 5.02 Å². The van der Waals surface area contributed by atoms with E-state index in [1.54, 1.807) is 45.0 Å². The third-order valence-electron chi connectivity index (χ3n) is 4.14. The summed E-state index contributed by atoms with van der Waals surface area (Å²) in [6, 6.07) is 12.5. The van der Waals surface area contributed by atoms with Gasteiger partial charge in [-0.2, -0.15) is 5.10 Å². The first-order valence-electron chi connectivity index (χ1n) is 9.66. The number of hydrogen-bond acceptors (Lipinski definition) is 6. The maximum atomic E-state index is 12.6. The third-order valence-corrected chi connectivity index (χ3v) is 6.38. The minimum Gasteiger partial charge on any atom is -0.504 e. The Morgan fingerprint density at radius 2 is 1.67 bits per heavy atom. The average molecular weight is 492 g/mol. The summed E-state index contributed by atoms with van der Waals surface area (Å²) < 4.78 is 29.0. The summed E-state index contributed by atoms with van der Waals surface area (Å²) in [5.74, 6) is -2.06. The number of hydrogen-bond donors (Lipinski definition) is 4. The van der Waals surface area contributed by atoms with Crippen molar-refractivity contribution < 1.29 is 23.1 Å². The van der Waals surface area contributed by atoms with Gasteiger partial charge in [0.25, 0.3) is 11.8 Å². The Morgan fingerprint density at radius 1 is 1.03 bits per heavy atom. The number of para-hydroxylation sites is 1. The van der Waals surface area contributed by atoms with E-state index < -0.39 is 33.1 Å². The van der Waals surface area contributed by atoms with Crippen LogP contribution in [-0.2, 0) is 10.0 Å². The fourth-order valence-electron chi connectivity index (χ4n) is 2.79. The molecule has 0 aliphatic heterocycles. The number of carbonyl (C=O) groups excluding carboxylic acids is 2. The van der Waals surface area contributed by atoms with Crippen molar-refractivity contribution in [3.63, 3.8) is 0 Å². The van der Waals surface area contributed by atoms with E-state index in [0.717, 1.165) is 6.07 Å². The molecule has 3 aromatic rings. The molecule has 12 heteroatoms. The zero-order valence-corrected chi connectivity index (χ0v) is 19.5. The van der Waals surface area contributed by atoms with Gasteiger partial charge in [0.2, 0.25) is 10.0 Å². The summed E-state index contributed by atoms with van der Waals surface area (Å²) in [7, 11) is -4.00. The van der Waals surface area contributed by atoms with Crippen LogP contribution in [0.4, 0.5) is 0 Å². The molecule has 0 fully saturated rings. The van der Waals surface area contributed by atoms with Crippen LogP contribution in [0.25, 0.3) is 5.69 Å². The number of rotatable bonds is 5. The second-order valence-corrected chi connectivity index (χ2v) is 10.1. The molecule has 0 spiro atoms. The van der Waals surface area contributed by atoms with Crippen LogP contribution in [0.1, 0.15) is 41.6 Å². The zero-order valence-electron chi connectivity index (χ0n) is 18.0. The van der Waals surface area contributed by atoms with Crippen molar-refractivity contribution >= 4 is 33.4 Å². The van der Waals surface area contributed by atoms with Gasteiger partial charge < -0.3 is 5.11 Å². The molecule has 0 atom stereocenters. The summed E-state index contributed by atoms with van der Waals surface area (Å²) in [6.07, 6.45) is 1.25. The highest BCUT2D eigenvalue weighted by Crippen LogP contribution is 2.24. The summed E-state index contributed by atoms with van der Waals surface area (Å²) in [5.41, 5.74) is 3.79. The van der Waals surface area contributed by atoms with Crippen LogP contribution < -0.4 is 15.6 Å². The van der Waals surface area contributed by atoms with Crippen molar-refractivity contribution in [1.82, 2.24) is 25.4 Å². The molecule has 2 aromatic carbocycles. The van der Waals surface area contributed by atoms with Crippen LogP contribution in [0, 0.1) is 0 Å². The lowest BCUT2D eigenvalue weighted by molar-refractivity contribution is 0.0842. The number of carbonyl (C=O) groups is 2. The minimum atomic E-state index is -4.00. The lowest BCUT2D eigenvalue weighted by atomic mass is 10.1. The fraction of sp³-hybridized carbons (Fsp3) is 0.190. The second kappa shape index (κ2) is 9.22. The number of aromatic nitrogens is 2. The van der Waals surface area contributed by atoms with Gasteiger partial charge >= 0.3 is 0 Å². The van der Waals surface area contributed by atoms with Crippen molar-refractivity contribution in [1.29, 1.82) is 0 Å². The van der Waals surface area contributed by atoms with Gasteiger partial charge in [0.1, 0.15) is 4.90 Å². The Morgan fingerprint density at radius 3 is 2.30 bits per heavy atom. The topological polar surface area (TPSA) is 142 Å². The molecule has 0 aliphatic carbocycles. The Labute approximate surface area is 195 Å². The van der Waals surface area contributed by atoms with Gasteiger partial charge in [0.05, 0.1) is 16.9 Å². The largest absolute Gasteiger partial charge is 0.504 e. The Hall–Kier alpha value is -3.41. The standard InChI is InChI=1S/C21H22ClN5O5S/c1-21(2,3)26-33(31,32)17-11-13(9-10-15(17)22)19(29)23-24-20(30)18-16(28)12-27(25-18)14-7-5-4-6-8-14/h4-12,26,28H,1-3H3,(H,23,29)(H,24,30). The van der Waals surface area contributed by atoms with E-state index in [1.807, 2.05) is 6.07 Å². The summed E-state index contributed by atoms with van der Waals surface area (Å²) in [4.78, 5) is 24.6. The molecule has 0 aliphatic rings. The molecule has 4 N–H and O–H groups in total. The van der Waals surface area contributed by atoms with Crippen LogP contribution >= 0.6 is 11.6 Å². The molecule has 0 unspecified atom stereocenters. The molecule has 174 valence electrons. The molecule has 0 saturated carbocycles. The van der Waals surface area contributed by atoms with Gasteiger partial charge in [0.15, 0.2) is 11.4 Å². The highest BCUT2D eigenvalue weighted by atomic mass is 35.5. The lowest BCUT2D eigenvalue weighted by Crippen LogP contribution is -2.42. The van der Waals surface area contributed by atoms with Gasteiger partial charge in [-0.15, -0.1) is 0 Å². The highest BCUT2D eigenvalue weighted by molar-refractivity contribution is 7.89. The number of aromatic hydroxyl groups is 1. The summed E-state index contributed by atoms with van der Waals surface area (Å²) in [5, 5.41) is 14.0. The second-order valence-electron chi connectivity index (χ2n) is 8.05. The molecule has 0 radical (unpaired) electrons. The molecule has 0 saturated heterocycles. The van der Waals surface area contributed by atoms with E-state index >= 15 is 0 Å². The van der Waals surface area contributed by atoms with Gasteiger partial charge in [-0.05, 0) is 51.1 Å². The van der Waals surface area contributed by atoms with E-state index in [4.69, 9.17) is 11.6 Å². The summed E-state index contributed by atoms with van der Waals surface area (Å²) >= 11 is 6.03. The number of hydrazine groups is 1. The van der Waals surface area contributed by atoms with E-state index in [2.05, 4.69) is 20.7 Å². The smallest absolute Gasteiger partial charge is 0.294 e. The molecule has 33 heavy (non-hydrogen) atoms. The van der Waals surface area contributed by atoms with E-state index in [1.165, 1.54) is 23.0 Å². The van der Waals surface area contributed by atoms with Crippen LogP contribution in [-0.4, -0.2) is 40.7 Å². The Bertz CT molecular complexity index is 1300. The predicted octanol–water partition coefficient (Wildman–Crippen LogP) is 2.38. The number of nitrogens with one attached hydrogen (secondary N) is 3. The molecular formula is C21H22ClN5O5S. The SMILES string of the molecule is CC(C)(C)NS(=O)(=O)c1cc(C(=O)NNC(=O)c2nn(-c3ccccc3)cc2O)ccc1Cl. The molecule has 0 bridgehead atoms. The zero-order chi connectivity index (χ0) is 24.4. The highest BCUT2D eigenvalue weighted by Gasteiger charge is 2.25. The number of sulfonamides is 1. The van der Waals surface area contributed by atoms with Gasteiger partial charge in [0, 0.05) is 11.1 Å². The number of amides is 2. The monoisotopic (exact) mass is 491 g/mol. The maximum absolute atomic E-state index is 12.6. The number of nitrogens with zero attached hydrogens (tertiary/aromatic N) is 2. The van der Waals surface area contributed by atoms with Gasteiger partial charge in [-0.1, -0.05) is 29.8 Å². The quantitative estimate of drug-likeness (QED) is 0.403. The Balaban J connectivity index is 1.74. The predicted molar refractivity (Wildman–Crippen MR) is 122 cm³/mol. The van der Waals surface area contributed by atoms with E-state index in [-0.39, 0.29) is 21.2 Å². The first-order valence-corrected chi connectivity index (χ1v) is 11.5. The summed E-state index contributed by atoms with van der Waals surface area (Å²) in [6.45, 7) is 5.00. The molecule has 10 nitrogen and oxygen atoms in total. The van der Waals surface area contributed by atoms with Crippen LogP contribution in [0.3, 0.4) is 0 Å². The first kappa shape index (κ1) is 24.2. The van der Waals surface area contributed by atoms with Crippen LogP contribution in [0.15, 0.2) is 59.6 Å². The lowest BCUT2D eigenvalue weighted by Gasteiger charge is -2.21. The fourth-order valence-corrected chi connectivity index (χ4v) is 4.74. The average Bonchev–Trinajstić information content (AvgIpc) is 3.12. The normalized spacial score (nSPS) is 11.8. The minimum absolute atomic E-state index is 0.0620.